The summed E-state index contributed by atoms with van der Waals surface area (Å²) in [5.74, 6) is 0.716. The fourth-order valence-electron chi connectivity index (χ4n) is 4.78. The summed E-state index contributed by atoms with van der Waals surface area (Å²) in [5, 5.41) is 0. The number of likely N-dealkylation sites (N-methyl/N-ethyl adjacent to an activating group) is 1. The van der Waals surface area contributed by atoms with Gasteiger partial charge in [0.2, 0.25) is 0 Å². The first-order valence-corrected chi connectivity index (χ1v) is 11.4. The molecule has 2 heterocycles. The molecule has 4 heteroatoms. The van der Waals surface area contributed by atoms with E-state index in [2.05, 4.69) is 84.1 Å². The van der Waals surface area contributed by atoms with Gasteiger partial charge in [-0.25, -0.2) is 0 Å². The van der Waals surface area contributed by atoms with Gasteiger partial charge in [-0.3, -0.25) is 0 Å². The van der Waals surface area contributed by atoms with Gasteiger partial charge < -0.3 is 19.4 Å². The summed E-state index contributed by atoms with van der Waals surface area (Å²) in [6.07, 6.45) is 2.44. The minimum Gasteiger partial charge on any atom is -0.374 e. The van der Waals surface area contributed by atoms with Gasteiger partial charge in [0.15, 0.2) is 0 Å². The largest absolute Gasteiger partial charge is 0.374 e. The average molecular weight is 408 g/mol. The van der Waals surface area contributed by atoms with E-state index in [9.17, 15) is 0 Å². The second-order valence-electron chi connectivity index (χ2n) is 9.49. The van der Waals surface area contributed by atoms with Crippen molar-refractivity contribution in [1.29, 1.82) is 0 Å². The molecule has 0 aliphatic carbocycles. The highest BCUT2D eigenvalue weighted by Crippen LogP contribution is 2.31. The summed E-state index contributed by atoms with van der Waals surface area (Å²) in [5.41, 5.74) is 5.30. The highest BCUT2D eigenvalue weighted by molar-refractivity contribution is 5.55. The summed E-state index contributed by atoms with van der Waals surface area (Å²) in [4.78, 5) is 7.55. The lowest BCUT2D eigenvalue weighted by atomic mass is 9.96. The third kappa shape index (κ3) is 4.65. The number of rotatable bonds is 6. The van der Waals surface area contributed by atoms with Crippen molar-refractivity contribution in [3.8, 4) is 0 Å². The van der Waals surface area contributed by atoms with E-state index in [1.807, 2.05) is 0 Å². The maximum atomic E-state index is 5.62. The summed E-state index contributed by atoms with van der Waals surface area (Å²) < 4.78 is 5.62. The number of hydrogen-bond acceptors (Lipinski definition) is 4. The molecule has 0 radical (unpaired) electrons. The second-order valence-corrected chi connectivity index (χ2v) is 9.49. The Morgan fingerprint density at radius 2 is 1.60 bits per heavy atom. The first kappa shape index (κ1) is 21.2. The molecule has 2 aliphatic rings. The molecule has 1 atom stereocenters. The highest BCUT2D eigenvalue weighted by Gasteiger charge is 2.26. The van der Waals surface area contributed by atoms with Crippen LogP contribution in [0.3, 0.4) is 0 Å². The summed E-state index contributed by atoms with van der Waals surface area (Å²) in [6, 6.07) is 18.0. The van der Waals surface area contributed by atoms with Crippen LogP contribution in [0.15, 0.2) is 48.5 Å². The fraction of sp³-hybridized carbons (Fsp3) is 0.538. The maximum Gasteiger partial charge on any atom is 0.0871 e. The first-order valence-electron chi connectivity index (χ1n) is 11.4. The van der Waals surface area contributed by atoms with Gasteiger partial charge in [0, 0.05) is 57.8 Å². The molecule has 0 saturated carbocycles. The number of anilines is 2. The van der Waals surface area contributed by atoms with Gasteiger partial charge in [0.25, 0.3) is 0 Å². The molecule has 0 unspecified atom stereocenters. The average Bonchev–Trinajstić information content (AvgIpc) is 3.23. The van der Waals surface area contributed by atoms with Crippen molar-refractivity contribution in [3.05, 3.63) is 59.7 Å². The standard InChI is InChI=1S/C26H37N3O/c1-26(2,30-4)23-9-11-24(12-10-23)29-14-13-21(20-29)19-22-7-5-6-8-25(22)28-17-15-27(3)16-18-28/h5-12,21H,13-20H2,1-4H3/t21-/m0/s1. The Morgan fingerprint density at radius 1 is 0.900 bits per heavy atom. The van der Waals surface area contributed by atoms with Crippen molar-refractivity contribution >= 4 is 11.4 Å². The molecule has 0 aromatic heterocycles. The van der Waals surface area contributed by atoms with Gasteiger partial charge in [-0.2, -0.15) is 0 Å². The highest BCUT2D eigenvalue weighted by atomic mass is 16.5. The Bertz CT molecular complexity index is 824. The quantitative estimate of drug-likeness (QED) is 0.707. The van der Waals surface area contributed by atoms with Crippen LogP contribution in [0, 0.1) is 5.92 Å². The van der Waals surface area contributed by atoms with E-state index < -0.39 is 0 Å². The minimum atomic E-state index is -0.237. The predicted molar refractivity (Wildman–Crippen MR) is 127 cm³/mol. The molecule has 2 saturated heterocycles. The van der Waals surface area contributed by atoms with Gasteiger partial charge in [0.1, 0.15) is 0 Å². The SMILES string of the molecule is COC(C)(C)c1ccc(N2CC[C@@H](Cc3ccccc3N3CCN(C)CC3)C2)cc1. The number of benzene rings is 2. The van der Waals surface area contributed by atoms with Crippen LogP contribution in [-0.2, 0) is 16.8 Å². The molecule has 0 spiro atoms. The normalized spacial score (nSPS) is 20.7. The van der Waals surface area contributed by atoms with Crippen molar-refractivity contribution in [2.24, 2.45) is 5.92 Å². The maximum absolute atomic E-state index is 5.62. The summed E-state index contributed by atoms with van der Waals surface area (Å²) in [7, 11) is 4.00. The van der Waals surface area contributed by atoms with Crippen molar-refractivity contribution < 1.29 is 4.74 Å². The van der Waals surface area contributed by atoms with E-state index >= 15 is 0 Å². The van der Waals surface area contributed by atoms with Gasteiger partial charge >= 0.3 is 0 Å². The van der Waals surface area contributed by atoms with E-state index in [4.69, 9.17) is 4.74 Å². The molecule has 2 aromatic carbocycles. The second kappa shape index (κ2) is 8.99. The lowest BCUT2D eigenvalue weighted by Crippen LogP contribution is -2.44. The van der Waals surface area contributed by atoms with Crippen LogP contribution in [-0.4, -0.2) is 58.3 Å². The van der Waals surface area contributed by atoms with Crippen LogP contribution >= 0.6 is 0 Å². The molecular formula is C26H37N3O. The van der Waals surface area contributed by atoms with Crippen LogP contribution in [0.5, 0.6) is 0 Å². The molecular weight excluding hydrogens is 370 g/mol. The smallest absolute Gasteiger partial charge is 0.0871 e. The number of nitrogens with zero attached hydrogens (tertiary/aromatic N) is 3. The fourth-order valence-corrected chi connectivity index (χ4v) is 4.78. The summed E-state index contributed by atoms with van der Waals surface area (Å²) in [6.45, 7) is 11.1. The molecule has 4 rings (SSSR count). The zero-order valence-corrected chi connectivity index (χ0v) is 19.1. The molecule has 2 aromatic rings. The van der Waals surface area contributed by atoms with Crippen LogP contribution in [0.4, 0.5) is 11.4 Å². The minimum absolute atomic E-state index is 0.237. The Morgan fingerprint density at radius 3 is 2.30 bits per heavy atom. The molecule has 2 aliphatic heterocycles. The molecule has 2 fully saturated rings. The van der Waals surface area contributed by atoms with Crippen LogP contribution < -0.4 is 9.80 Å². The van der Waals surface area contributed by atoms with E-state index in [0.717, 1.165) is 39.3 Å². The van der Waals surface area contributed by atoms with E-state index in [-0.39, 0.29) is 5.60 Å². The third-order valence-electron chi connectivity index (χ3n) is 7.07. The van der Waals surface area contributed by atoms with Crippen molar-refractivity contribution in [2.45, 2.75) is 32.3 Å². The van der Waals surface area contributed by atoms with Crippen LogP contribution in [0.1, 0.15) is 31.4 Å². The predicted octanol–water partition coefficient (Wildman–Crippen LogP) is 4.39. The molecule has 0 bridgehead atoms. The number of methoxy groups -OCH3 is 1. The van der Waals surface area contributed by atoms with Gasteiger partial charge in [-0.15, -0.1) is 0 Å². The molecule has 0 amide bonds. The van der Waals surface area contributed by atoms with Gasteiger partial charge in [-0.05, 0) is 69.0 Å². The topological polar surface area (TPSA) is 19.0 Å². The lowest BCUT2D eigenvalue weighted by molar-refractivity contribution is 0.0192. The number of ether oxygens (including phenoxy) is 1. The third-order valence-corrected chi connectivity index (χ3v) is 7.07. The first-order chi connectivity index (χ1) is 14.5. The van der Waals surface area contributed by atoms with Crippen LogP contribution in [0.25, 0.3) is 0 Å². The van der Waals surface area contributed by atoms with Crippen molar-refractivity contribution in [3.63, 3.8) is 0 Å². The van der Waals surface area contributed by atoms with Gasteiger partial charge in [-0.1, -0.05) is 30.3 Å². The van der Waals surface area contributed by atoms with E-state index in [0.29, 0.717) is 5.92 Å². The summed E-state index contributed by atoms with van der Waals surface area (Å²) >= 11 is 0. The molecule has 4 nitrogen and oxygen atoms in total. The molecule has 30 heavy (non-hydrogen) atoms. The van der Waals surface area contributed by atoms with E-state index in [1.54, 1.807) is 7.11 Å². The van der Waals surface area contributed by atoms with Crippen molar-refractivity contribution in [1.82, 2.24) is 4.90 Å². The zero-order chi connectivity index (χ0) is 21.1. The van der Waals surface area contributed by atoms with E-state index in [1.165, 1.54) is 35.3 Å². The number of para-hydroxylation sites is 1. The Labute approximate surface area is 182 Å². The molecule has 0 N–H and O–H groups in total. The molecule has 162 valence electrons. The lowest BCUT2D eigenvalue weighted by Gasteiger charge is -2.35. The Kier molecular flexibility index (Phi) is 6.35. The number of hydrogen-bond donors (Lipinski definition) is 0. The number of piperazine rings is 1. The Hall–Kier alpha value is -2.04. The van der Waals surface area contributed by atoms with Crippen LogP contribution in [0.2, 0.25) is 0 Å². The van der Waals surface area contributed by atoms with Crippen molar-refractivity contribution in [2.75, 3.05) is 63.2 Å². The zero-order valence-electron chi connectivity index (χ0n) is 19.1. The Balaban J connectivity index is 1.40. The van der Waals surface area contributed by atoms with Gasteiger partial charge in [0.05, 0.1) is 5.60 Å². The monoisotopic (exact) mass is 407 g/mol.